The van der Waals surface area contributed by atoms with Crippen molar-refractivity contribution in [3.63, 3.8) is 0 Å². The predicted molar refractivity (Wildman–Crippen MR) is 226 cm³/mol. The molecule has 0 nitrogen and oxygen atoms in total. The van der Waals surface area contributed by atoms with Gasteiger partial charge in [0.15, 0.2) is 0 Å². The summed E-state index contributed by atoms with van der Waals surface area (Å²) in [5.41, 5.74) is 21.3. The minimum atomic E-state index is -3.07. The summed E-state index contributed by atoms with van der Waals surface area (Å²) in [5.74, 6) is 0. The summed E-state index contributed by atoms with van der Waals surface area (Å²) in [6.45, 7) is 33.2. The first-order valence-electron chi connectivity index (χ1n) is 20.0. The molecule has 286 valence electrons. The second kappa shape index (κ2) is 14.6. The van der Waals surface area contributed by atoms with Crippen LogP contribution < -0.4 is 24.8 Å². The number of halogens is 2. The van der Waals surface area contributed by atoms with Gasteiger partial charge in [0.1, 0.15) is 0 Å². The quantitative estimate of drug-likeness (QED) is 0.179. The summed E-state index contributed by atoms with van der Waals surface area (Å²) < 4.78 is 4.27. The molecule has 2 unspecified atom stereocenters. The second-order valence-electron chi connectivity index (χ2n) is 20.9. The van der Waals surface area contributed by atoms with Crippen LogP contribution in [0.15, 0.2) is 83.9 Å². The molecule has 4 aromatic carbocycles. The van der Waals surface area contributed by atoms with E-state index >= 15 is 0 Å². The minimum Gasteiger partial charge on any atom is -1.00 e. The third kappa shape index (κ3) is 7.50. The van der Waals surface area contributed by atoms with E-state index in [0.29, 0.717) is 7.35 Å². The Labute approximate surface area is 345 Å². The van der Waals surface area contributed by atoms with Crippen molar-refractivity contribution in [3.05, 3.63) is 128 Å². The first-order valence-corrected chi connectivity index (χ1v) is 29.3. The maximum atomic E-state index is 2.62. The molecule has 1 fully saturated rings. The van der Waals surface area contributed by atoms with Crippen LogP contribution in [0.3, 0.4) is 0 Å². The van der Waals surface area contributed by atoms with Crippen molar-refractivity contribution >= 4 is 12.2 Å². The molecule has 2 aliphatic carbocycles. The monoisotopic (exact) mass is 926 g/mol. The molecule has 0 amide bonds. The van der Waals surface area contributed by atoms with Gasteiger partial charge in [-0.05, 0) is 0 Å². The molecule has 0 radical (unpaired) electrons. The number of hydrogen-bond donors (Lipinski definition) is 0. The molecule has 0 aromatic heterocycles. The molecular weight excluding hydrogens is 862 g/mol. The van der Waals surface area contributed by atoms with Crippen molar-refractivity contribution in [2.24, 2.45) is 0 Å². The van der Waals surface area contributed by atoms with Crippen molar-refractivity contribution in [2.45, 2.75) is 141 Å². The molecule has 0 N–H and O–H groups in total. The maximum Gasteiger partial charge on any atom is -1.00 e. The fraction of sp³-hybridized carbons (Fsp3) is 0.451. The Morgan fingerprint density at radius 1 is 0.463 bits per heavy atom. The van der Waals surface area contributed by atoms with Crippen LogP contribution in [-0.4, -0.2) is 0 Å². The second-order valence-corrected chi connectivity index (χ2v) is 37.5. The molecule has 0 spiro atoms. The summed E-state index contributed by atoms with van der Waals surface area (Å²) in [5, 5.41) is 0. The molecule has 3 aliphatic rings. The van der Waals surface area contributed by atoms with Crippen LogP contribution in [0.2, 0.25) is 8.35 Å². The van der Waals surface area contributed by atoms with Crippen molar-refractivity contribution in [1.29, 1.82) is 0 Å². The summed E-state index contributed by atoms with van der Waals surface area (Å²) >= 11 is -3.07. The van der Waals surface area contributed by atoms with Gasteiger partial charge in [-0.25, -0.2) is 0 Å². The zero-order valence-corrected chi connectivity index (χ0v) is 40.7. The third-order valence-corrected chi connectivity index (χ3v) is 35.9. The van der Waals surface area contributed by atoms with Gasteiger partial charge in [0.25, 0.3) is 0 Å². The Hall–Kier alpha value is -2.19. The Bertz CT molecular complexity index is 1920. The van der Waals surface area contributed by atoms with Crippen LogP contribution in [0.1, 0.15) is 155 Å². The largest absolute Gasteiger partial charge is 1.00 e. The fourth-order valence-electron chi connectivity index (χ4n) is 9.76. The zero-order valence-electron chi connectivity index (χ0n) is 35.6. The van der Waals surface area contributed by atoms with E-state index in [-0.39, 0.29) is 46.5 Å². The van der Waals surface area contributed by atoms with Gasteiger partial charge < -0.3 is 24.8 Å². The molecule has 0 bridgehead atoms. The fourth-order valence-corrected chi connectivity index (χ4v) is 32.7. The Kier molecular flexibility index (Phi) is 11.6. The third-order valence-electron chi connectivity index (χ3n) is 12.9. The molecular formula is C51H64Cl2Hf. The minimum absolute atomic E-state index is 0. The molecule has 1 aliphatic heterocycles. The molecule has 4 aromatic rings. The number of hydrogen-bond acceptors (Lipinski definition) is 0. The van der Waals surface area contributed by atoms with Crippen LogP contribution in [0.5, 0.6) is 0 Å². The normalized spacial score (nSPS) is 18.6. The van der Waals surface area contributed by atoms with E-state index in [1.807, 2.05) is 0 Å². The average molecular weight is 926 g/mol. The van der Waals surface area contributed by atoms with E-state index in [0.717, 1.165) is 0 Å². The first kappa shape index (κ1) is 42.9. The van der Waals surface area contributed by atoms with Crippen LogP contribution in [0.25, 0.3) is 34.4 Å². The standard InChI is InChI=1S/2C24H29.C3H6.2ClH.Hf/c2*1-16-11-17-9-8-10-21(22(17)12-16)18-13-19(23(2,3)4)15-20(14-18)24(5,6)7;1-3-2;;;/h2*8-15H,1-7H3;1-3H2;2*1H;/q;;;;;+2/p-2. The number of fused-ring (bicyclic) bond motifs is 2. The summed E-state index contributed by atoms with van der Waals surface area (Å²) in [6, 6.07) is 29.5. The molecule has 7 rings (SSSR count). The van der Waals surface area contributed by atoms with Crippen molar-refractivity contribution in [3.8, 4) is 22.3 Å². The Morgan fingerprint density at radius 3 is 1.04 bits per heavy atom. The molecule has 2 atom stereocenters. The van der Waals surface area contributed by atoms with Crippen molar-refractivity contribution in [2.75, 3.05) is 0 Å². The number of allylic oxidation sites excluding steroid dienone is 2. The molecule has 0 saturated carbocycles. The summed E-state index contributed by atoms with van der Waals surface area (Å²) in [6.07, 6.45) is 6.64. The smallest absolute Gasteiger partial charge is 1.00 e. The van der Waals surface area contributed by atoms with E-state index in [9.17, 15) is 0 Å². The van der Waals surface area contributed by atoms with Gasteiger partial charge in [-0.1, -0.05) is 0 Å². The summed E-state index contributed by atoms with van der Waals surface area (Å²) in [4.78, 5) is 0. The average Bonchev–Trinajstić information content (AvgIpc) is 3.54. The van der Waals surface area contributed by atoms with E-state index in [1.54, 1.807) is 22.3 Å². The van der Waals surface area contributed by atoms with Gasteiger partial charge in [0, 0.05) is 0 Å². The number of benzene rings is 4. The van der Waals surface area contributed by atoms with Gasteiger partial charge >= 0.3 is 324 Å². The zero-order chi connectivity index (χ0) is 37.8. The van der Waals surface area contributed by atoms with Crippen LogP contribution in [-0.2, 0) is 41.6 Å². The van der Waals surface area contributed by atoms with Crippen LogP contribution in [0.4, 0.5) is 0 Å². The molecule has 1 saturated heterocycles. The number of rotatable bonds is 4. The van der Waals surface area contributed by atoms with E-state index in [2.05, 4.69) is 182 Å². The van der Waals surface area contributed by atoms with Gasteiger partial charge in [0.2, 0.25) is 0 Å². The van der Waals surface area contributed by atoms with Gasteiger partial charge in [-0.15, -0.1) is 0 Å². The van der Waals surface area contributed by atoms with E-state index in [1.165, 1.54) is 70.4 Å². The summed E-state index contributed by atoms with van der Waals surface area (Å²) in [7, 11) is 0. The molecule has 1 heterocycles. The first-order chi connectivity index (χ1) is 24.1. The van der Waals surface area contributed by atoms with Gasteiger partial charge in [0.05, 0.1) is 0 Å². The van der Waals surface area contributed by atoms with Crippen molar-refractivity contribution in [1.82, 2.24) is 0 Å². The maximum absolute atomic E-state index is 3.07. The molecule has 3 heteroatoms. The van der Waals surface area contributed by atoms with E-state index in [4.69, 9.17) is 0 Å². The van der Waals surface area contributed by atoms with Gasteiger partial charge in [-0.2, -0.15) is 0 Å². The topological polar surface area (TPSA) is 0 Å². The SMILES string of the molecule is CC1=Cc2c(-c3cc(C(C)(C)C)cc(C(C)(C)C)c3)cccc2[CH]1[Hf+2]1([CH]2C(C)=Cc3c(-c4cc(C(C)(C)C)cc(C(C)(C)C)c4)cccc32)[CH2]C[CH2]1.[Cl-].[Cl-]. The Balaban J connectivity index is 0.00000280. The molecule has 54 heavy (non-hydrogen) atoms. The van der Waals surface area contributed by atoms with Crippen LogP contribution >= 0.6 is 0 Å². The van der Waals surface area contributed by atoms with Gasteiger partial charge in [-0.3, -0.25) is 0 Å². The van der Waals surface area contributed by atoms with Crippen LogP contribution in [0, 0.1) is 0 Å². The van der Waals surface area contributed by atoms with E-state index < -0.39 is 20.0 Å². The predicted octanol–water partition coefficient (Wildman–Crippen LogP) is 9.23. The van der Waals surface area contributed by atoms with Crippen molar-refractivity contribution < 1.29 is 44.8 Å². The Morgan fingerprint density at radius 2 is 0.778 bits per heavy atom.